The smallest absolute Gasteiger partial charge is 0.322 e. The van der Waals surface area contributed by atoms with E-state index in [2.05, 4.69) is 49.2 Å². The summed E-state index contributed by atoms with van der Waals surface area (Å²) in [5, 5.41) is 8.78. The first-order valence-electron chi connectivity index (χ1n) is 11.2. The molecular weight excluding hydrogens is 456 g/mol. The first-order valence-corrected chi connectivity index (χ1v) is 11.7. The van der Waals surface area contributed by atoms with E-state index in [4.69, 9.17) is 11.6 Å². The normalized spacial score (nSPS) is 13.8. The molecule has 1 aliphatic heterocycles. The van der Waals surface area contributed by atoms with E-state index < -0.39 is 0 Å². The maximum atomic E-state index is 12.2. The second-order valence-electron chi connectivity index (χ2n) is 7.71. The van der Waals surface area contributed by atoms with E-state index in [-0.39, 0.29) is 11.9 Å². The van der Waals surface area contributed by atoms with Crippen molar-refractivity contribution in [1.29, 1.82) is 0 Å². The lowest BCUT2D eigenvalue weighted by atomic mass is 10.2. The standard InChI is InChI=1S/C23H31ClN8O2/c1-4-22(33)29-19-14-17(32-12-10-31(5-2)11-13-32)6-7-18(19)28-20-15-21(27-16-26-20)30(3)23(34)25-9-8-24/h4,6-7,14-16H,1,5,8-13H2,2-3H3,(H,25,34)(H,29,33)(H,26,27,28). The number of carbonyl (C=O) groups excluding carboxylic acids is 2. The number of hydrogen-bond acceptors (Lipinski definition) is 7. The van der Waals surface area contributed by atoms with Gasteiger partial charge in [-0.1, -0.05) is 13.5 Å². The molecule has 1 saturated heterocycles. The first-order chi connectivity index (χ1) is 16.4. The maximum Gasteiger partial charge on any atom is 0.322 e. The molecule has 3 amide bonds. The van der Waals surface area contributed by atoms with Crippen LogP contribution >= 0.6 is 11.6 Å². The molecule has 0 spiro atoms. The molecule has 182 valence electrons. The highest BCUT2D eigenvalue weighted by Crippen LogP contribution is 2.31. The van der Waals surface area contributed by atoms with Gasteiger partial charge in [0.25, 0.3) is 0 Å². The number of urea groups is 1. The topological polar surface area (TPSA) is 106 Å². The van der Waals surface area contributed by atoms with Gasteiger partial charge in [-0.15, -0.1) is 11.6 Å². The number of hydrogen-bond donors (Lipinski definition) is 3. The van der Waals surface area contributed by atoms with E-state index in [9.17, 15) is 9.59 Å². The van der Waals surface area contributed by atoms with Gasteiger partial charge in [-0.05, 0) is 30.8 Å². The molecule has 2 aromatic rings. The highest BCUT2D eigenvalue weighted by molar-refractivity contribution is 6.18. The molecule has 1 aromatic heterocycles. The van der Waals surface area contributed by atoms with Gasteiger partial charge in [0.05, 0.1) is 11.4 Å². The van der Waals surface area contributed by atoms with E-state index in [1.54, 1.807) is 13.1 Å². The van der Waals surface area contributed by atoms with Crippen LogP contribution in [0, 0.1) is 0 Å². The molecule has 0 unspecified atom stereocenters. The van der Waals surface area contributed by atoms with Gasteiger partial charge in [-0.25, -0.2) is 14.8 Å². The average molecular weight is 487 g/mol. The predicted molar refractivity (Wildman–Crippen MR) is 137 cm³/mol. The Bertz CT molecular complexity index is 1010. The van der Waals surface area contributed by atoms with Crippen LogP contribution in [0.2, 0.25) is 0 Å². The van der Waals surface area contributed by atoms with Crippen LogP contribution < -0.4 is 25.8 Å². The Hall–Kier alpha value is -3.37. The van der Waals surface area contributed by atoms with Crippen molar-refractivity contribution in [2.24, 2.45) is 0 Å². The zero-order valence-corrected chi connectivity index (χ0v) is 20.3. The lowest BCUT2D eigenvalue weighted by molar-refractivity contribution is -0.111. The molecule has 10 nitrogen and oxygen atoms in total. The lowest BCUT2D eigenvalue weighted by Gasteiger charge is -2.35. The first kappa shape index (κ1) is 25.3. The van der Waals surface area contributed by atoms with Crippen LogP contribution in [0.1, 0.15) is 6.92 Å². The largest absolute Gasteiger partial charge is 0.369 e. The number of aromatic nitrogens is 2. The summed E-state index contributed by atoms with van der Waals surface area (Å²) in [5.74, 6) is 0.891. The van der Waals surface area contributed by atoms with Gasteiger partial charge >= 0.3 is 6.03 Å². The lowest BCUT2D eigenvalue weighted by Crippen LogP contribution is -2.46. The van der Waals surface area contributed by atoms with Crippen LogP contribution in [-0.2, 0) is 4.79 Å². The number of likely N-dealkylation sites (N-methyl/N-ethyl adjacent to an activating group) is 1. The second-order valence-corrected chi connectivity index (χ2v) is 8.09. The third kappa shape index (κ3) is 6.58. The summed E-state index contributed by atoms with van der Waals surface area (Å²) in [5.41, 5.74) is 2.29. The molecule has 0 saturated carbocycles. The molecule has 1 aliphatic rings. The number of halogens is 1. The van der Waals surface area contributed by atoms with E-state index in [0.29, 0.717) is 35.4 Å². The van der Waals surface area contributed by atoms with Crippen molar-refractivity contribution < 1.29 is 9.59 Å². The van der Waals surface area contributed by atoms with Gasteiger partial charge in [-0.2, -0.15) is 0 Å². The number of anilines is 5. The quantitative estimate of drug-likeness (QED) is 0.369. The molecule has 0 aliphatic carbocycles. The van der Waals surface area contributed by atoms with Gasteiger partial charge in [0, 0.05) is 57.4 Å². The Morgan fingerprint density at radius 3 is 2.62 bits per heavy atom. The Morgan fingerprint density at radius 2 is 1.94 bits per heavy atom. The summed E-state index contributed by atoms with van der Waals surface area (Å²) < 4.78 is 0. The molecule has 11 heteroatoms. The number of amides is 3. The van der Waals surface area contributed by atoms with Gasteiger partial charge in [0.1, 0.15) is 18.0 Å². The molecule has 34 heavy (non-hydrogen) atoms. The van der Waals surface area contributed by atoms with Crippen LogP contribution in [0.15, 0.2) is 43.2 Å². The van der Waals surface area contributed by atoms with Gasteiger partial charge < -0.3 is 25.8 Å². The van der Waals surface area contributed by atoms with Crippen LogP contribution in [0.25, 0.3) is 0 Å². The van der Waals surface area contributed by atoms with Crippen LogP contribution in [0.5, 0.6) is 0 Å². The van der Waals surface area contributed by atoms with E-state index in [1.165, 1.54) is 17.3 Å². The number of piperazine rings is 1. The molecule has 1 fully saturated rings. The molecule has 3 N–H and O–H groups in total. The van der Waals surface area contributed by atoms with Crippen molar-refractivity contribution in [2.75, 3.05) is 72.6 Å². The number of alkyl halides is 1. The summed E-state index contributed by atoms with van der Waals surface area (Å²) in [6.45, 7) is 11.0. The zero-order chi connectivity index (χ0) is 24.5. The van der Waals surface area contributed by atoms with Gasteiger partial charge in [0.15, 0.2) is 0 Å². The number of carbonyl (C=O) groups is 2. The average Bonchev–Trinajstić information content (AvgIpc) is 2.87. The highest BCUT2D eigenvalue weighted by atomic mass is 35.5. The minimum Gasteiger partial charge on any atom is -0.369 e. The fourth-order valence-electron chi connectivity index (χ4n) is 3.56. The van der Waals surface area contributed by atoms with E-state index >= 15 is 0 Å². The summed E-state index contributed by atoms with van der Waals surface area (Å²) in [6, 6.07) is 7.19. The maximum absolute atomic E-state index is 12.2. The third-order valence-corrected chi connectivity index (χ3v) is 5.75. The molecule has 3 rings (SSSR count). The van der Waals surface area contributed by atoms with Crippen molar-refractivity contribution in [3.63, 3.8) is 0 Å². The molecule has 1 aromatic carbocycles. The minimum atomic E-state index is -0.322. The van der Waals surface area contributed by atoms with Crippen LogP contribution in [0.4, 0.5) is 33.5 Å². The van der Waals surface area contributed by atoms with E-state index in [1.807, 2.05) is 18.2 Å². The minimum absolute atomic E-state index is 0.310. The Balaban J connectivity index is 1.81. The molecule has 0 radical (unpaired) electrons. The number of rotatable bonds is 9. The Labute approximate surface area is 205 Å². The third-order valence-electron chi connectivity index (χ3n) is 5.57. The van der Waals surface area contributed by atoms with Gasteiger partial charge in [0.2, 0.25) is 5.91 Å². The molecule has 0 bridgehead atoms. The Morgan fingerprint density at radius 1 is 1.18 bits per heavy atom. The summed E-state index contributed by atoms with van der Waals surface area (Å²) in [6.07, 6.45) is 2.60. The number of nitrogens with one attached hydrogen (secondary N) is 3. The molecule has 2 heterocycles. The SMILES string of the molecule is C=CC(=O)Nc1cc(N2CCN(CC)CC2)ccc1Nc1cc(N(C)C(=O)NCCCl)ncn1. The predicted octanol–water partition coefficient (Wildman–Crippen LogP) is 2.87. The van der Waals surface area contributed by atoms with Crippen LogP contribution in [-0.4, -0.2) is 79.0 Å². The number of nitrogens with zero attached hydrogens (tertiary/aromatic N) is 5. The second kappa shape index (κ2) is 12.2. The summed E-state index contributed by atoms with van der Waals surface area (Å²) in [7, 11) is 1.61. The summed E-state index contributed by atoms with van der Waals surface area (Å²) in [4.78, 5) is 38.8. The molecule has 0 atom stereocenters. The Kier molecular flexibility index (Phi) is 9.06. The van der Waals surface area contributed by atoms with Crippen molar-refractivity contribution >= 4 is 52.2 Å². The van der Waals surface area contributed by atoms with Crippen molar-refractivity contribution in [3.05, 3.63) is 43.2 Å². The van der Waals surface area contributed by atoms with Crippen molar-refractivity contribution in [2.45, 2.75) is 6.92 Å². The highest BCUT2D eigenvalue weighted by Gasteiger charge is 2.18. The van der Waals surface area contributed by atoms with Crippen molar-refractivity contribution in [3.8, 4) is 0 Å². The van der Waals surface area contributed by atoms with Crippen molar-refractivity contribution in [1.82, 2.24) is 20.2 Å². The fourth-order valence-corrected chi connectivity index (χ4v) is 3.66. The monoisotopic (exact) mass is 486 g/mol. The van der Waals surface area contributed by atoms with Gasteiger partial charge in [-0.3, -0.25) is 9.69 Å². The summed E-state index contributed by atoms with van der Waals surface area (Å²) >= 11 is 5.64. The number of benzene rings is 1. The zero-order valence-electron chi connectivity index (χ0n) is 19.6. The fraction of sp³-hybridized carbons (Fsp3) is 0.391. The van der Waals surface area contributed by atoms with Crippen LogP contribution in [0.3, 0.4) is 0 Å². The molecular formula is C23H31ClN8O2. The van der Waals surface area contributed by atoms with E-state index in [0.717, 1.165) is 38.4 Å².